The minimum Gasteiger partial charge on any atom is -0.545 e. The summed E-state index contributed by atoms with van der Waals surface area (Å²) in [6.45, 7) is 0.499. The number of nitrogens with zero attached hydrogens (tertiary/aromatic N) is 1. The van der Waals surface area contributed by atoms with Crippen LogP contribution in [0.5, 0.6) is 5.75 Å². The van der Waals surface area contributed by atoms with E-state index in [-0.39, 0.29) is 11.5 Å². The summed E-state index contributed by atoms with van der Waals surface area (Å²) in [5.41, 5.74) is 3.38. The van der Waals surface area contributed by atoms with E-state index in [1.807, 2.05) is 42.5 Å². The number of anilines is 1. The third kappa shape index (κ3) is 3.85. The Hall–Kier alpha value is -3.80. The molecule has 152 valence electrons. The molecule has 3 aromatic carbocycles. The summed E-state index contributed by atoms with van der Waals surface area (Å²) >= 11 is 0. The van der Waals surface area contributed by atoms with Gasteiger partial charge in [0.1, 0.15) is 11.9 Å². The molecule has 3 aromatic rings. The SMILES string of the molecule is COc1ccc(CCN2C(=O)c3ccccc3N[C@H]2c2ccc(C(=O)[O-])cc2)cc1. The number of carbonyl (C=O) groups is 2. The van der Waals surface area contributed by atoms with Crippen molar-refractivity contribution in [2.75, 3.05) is 19.0 Å². The number of benzene rings is 3. The Kier molecular flexibility index (Phi) is 5.39. The maximum absolute atomic E-state index is 13.3. The highest BCUT2D eigenvalue weighted by Crippen LogP contribution is 2.33. The van der Waals surface area contributed by atoms with Gasteiger partial charge in [0.2, 0.25) is 0 Å². The van der Waals surface area contributed by atoms with Crippen molar-refractivity contribution in [1.82, 2.24) is 4.90 Å². The van der Waals surface area contributed by atoms with E-state index in [0.717, 1.165) is 22.6 Å². The van der Waals surface area contributed by atoms with Crippen molar-refractivity contribution in [2.24, 2.45) is 0 Å². The number of nitrogens with one attached hydrogen (secondary N) is 1. The fourth-order valence-electron chi connectivity index (χ4n) is 3.63. The third-order valence-corrected chi connectivity index (χ3v) is 5.28. The molecule has 6 heteroatoms. The van der Waals surface area contributed by atoms with Gasteiger partial charge < -0.3 is 24.9 Å². The second-order valence-electron chi connectivity index (χ2n) is 7.10. The van der Waals surface area contributed by atoms with E-state index < -0.39 is 12.1 Å². The molecule has 0 fully saturated rings. The van der Waals surface area contributed by atoms with Gasteiger partial charge in [0.05, 0.1) is 18.6 Å². The molecule has 1 aliphatic rings. The van der Waals surface area contributed by atoms with Crippen LogP contribution in [0, 0.1) is 0 Å². The predicted octanol–water partition coefficient (Wildman–Crippen LogP) is 2.87. The quantitative estimate of drug-likeness (QED) is 0.687. The van der Waals surface area contributed by atoms with Gasteiger partial charge in [0, 0.05) is 12.2 Å². The second kappa shape index (κ2) is 8.29. The van der Waals surface area contributed by atoms with E-state index in [4.69, 9.17) is 4.74 Å². The minimum absolute atomic E-state index is 0.0631. The summed E-state index contributed by atoms with van der Waals surface area (Å²) in [6, 6.07) is 21.6. The zero-order chi connectivity index (χ0) is 21.1. The molecular weight excluding hydrogens is 380 g/mol. The van der Waals surface area contributed by atoms with Gasteiger partial charge in [-0.15, -0.1) is 0 Å². The van der Waals surface area contributed by atoms with Crippen molar-refractivity contribution in [1.29, 1.82) is 0 Å². The average Bonchev–Trinajstić information content (AvgIpc) is 2.79. The van der Waals surface area contributed by atoms with Crippen molar-refractivity contribution in [2.45, 2.75) is 12.6 Å². The molecule has 1 aliphatic heterocycles. The van der Waals surface area contributed by atoms with Crippen molar-refractivity contribution in [3.8, 4) is 5.75 Å². The van der Waals surface area contributed by atoms with E-state index >= 15 is 0 Å². The van der Waals surface area contributed by atoms with Crippen molar-refractivity contribution in [3.63, 3.8) is 0 Å². The largest absolute Gasteiger partial charge is 0.545 e. The van der Waals surface area contributed by atoms with Gasteiger partial charge in [0.25, 0.3) is 5.91 Å². The maximum Gasteiger partial charge on any atom is 0.257 e. The molecule has 1 heterocycles. The number of aromatic carboxylic acids is 1. The molecule has 4 rings (SSSR count). The van der Waals surface area contributed by atoms with Gasteiger partial charge in [-0.2, -0.15) is 0 Å². The van der Waals surface area contributed by atoms with E-state index in [9.17, 15) is 14.7 Å². The summed E-state index contributed by atoms with van der Waals surface area (Å²) in [5.74, 6) is -0.503. The molecule has 1 amide bonds. The highest BCUT2D eigenvalue weighted by atomic mass is 16.5. The molecule has 1 atom stereocenters. The lowest BCUT2D eigenvalue weighted by molar-refractivity contribution is -0.255. The number of hydrogen-bond donors (Lipinski definition) is 1. The first-order chi connectivity index (χ1) is 14.6. The van der Waals surface area contributed by atoms with Crippen LogP contribution < -0.4 is 15.2 Å². The number of carboxylic acid groups (broad SMARTS) is 1. The summed E-state index contributed by atoms with van der Waals surface area (Å²) in [6.07, 6.45) is 0.272. The Bertz CT molecular complexity index is 1060. The minimum atomic E-state index is -1.23. The van der Waals surface area contributed by atoms with E-state index in [2.05, 4.69) is 5.32 Å². The monoisotopic (exact) mass is 401 g/mol. The number of amides is 1. The Morgan fingerprint density at radius 2 is 1.73 bits per heavy atom. The van der Waals surface area contributed by atoms with E-state index in [1.165, 1.54) is 12.1 Å². The summed E-state index contributed by atoms with van der Waals surface area (Å²) in [4.78, 5) is 26.1. The van der Waals surface area contributed by atoms with Gasteiger partial charge in [-0.1, -0.05) is 48.5 Å². The number of fused-ring (bicyclic) bond motifs is 1. The fourth-order valence-corrected chi connectivity index (χ4v) is 3.63. The van der Waals surface area contributed by atoms with Gasteiger partial charge in [-0.3, -0.25) is 4.79 Å². The number of methoxy groups -OCH3 is 1. The van der Waals surface area contributed by atoms with Crippen molar-refractivity contribution >= 4 is 17.6 Å². The standard InChI is InChI=1S/C24H22N2O4/c1-30-19-12-6-16(7-13-19)14-15-26-22(17-8-10-18(11-9-17)24(28)29)25-21-5-3-2-4-20(21)23(26)27/h2-13,22,25H,14-15H2,1H3,(H,28,29)/p-1/t22-/m1/s1. The van der Waals surface area contributed by atoms with Crippen molar-refractivity contribution in [3.05, 3.63) is 95.1 Å². The van der Waals surface area contributed by atoms with Crippen LogP contribution in [0.1, 0.15) is 38.0 Å². The first-order valence-electron chi connectivity index (χ1n) is 9.67. The van der Waals surface area contributed by atoms with Gasteiger partial charge in [-0.25, -0.2) is 0 Å². The molecule has 0 spiro atoms. The molecule has 0 saturated heterocycles. The number of carboxylic acids is 1. The van der Waals surface area contributed by atoms with Crippen molar-refractivity contribution < 1.29 is 19.4 Å². The van der Waals surface area contributed by atoms with Crippen LogP contribution in [0.4, 0.5) is 5.69 Å². The molecule has 0 bridgehead atoms. The van der Waals surface area contributed by atoms with E-state index in [0.29, 0.717) is 18.5 Å². The lowest BCUT2D eigenvalue weighted by Crippen LogP contribution is -2.44. The summed E-state index contributed by atoms with van der Waals surface area (Å²) < 4.78 is 5.20. The second-order valence-corrected chi connectivity index (χ2v) is 7.10. The fraction of sp³-hybridized carbons (Fsp3) is 0.167. The number of ether oxygens (including phenoxy) is 1. The lowest BCUT2D eigenvalue weighted by atomic mass is 10.0. The van der Waals surface area contributed by atoms with Crippen LogP contribution in [0.2, 0.25) is 0 Å². The molecular formula is C24H21N2O4-. The average molecular weight is 401 g/mol. The molecule has 1 N–H and O–H groups in total. The van der Waals surface area contributed by atoms with Gasteiger partial charge >= 0.3 is 0 Å². The molecule has 0 unspecified atom stereocenters. The van der Waals surface area contributed by atoms with Crippen LogP contribution in [-0.4, -0.2) is 30.4 Å². The lowest BCUT2D eigenvalue weighted by Gasteiger charge is -2.38. The molecule has 0 saturated carbocycles. The maximum atomic E-state index is 13.3. The van der Waals surface area contributed by atoms with Crippen LogP contribution in [0.15, 0.2) is 72.8 Å². The molecule has 30 heavy (non-hydrogen) atoms. The topological polar surface area (TPSA) is 81.7 Å². The molecule has 0 aromatic heterocycles. The van der Waals surface area contributed by atoms with Crippen LogP contribution in [0.3, 0.4) is 0 Å². The smallest absolute Gasteiger partial charge is 0.257 e. The Morgan fingerprint density at radius 3 is 2.40 bits per heavy atom. The Labute approximate surface area is 174 Å². The first-order valence-corrected chi connectivity index (χ1v) is 9.67. The highest BCUT2D eigenvalue weighted by Gasteiger charge is 2.32. The summed E-state index contributed by atoms with van der Waals surface area (Å²) in [7, 11) is 1.63. The number of rotatable bonds is 6. The molecule has 6 nitrogen and oxygen atoms in total. The Morgan fingerprint density at radius 1 is 1.03 bits per heavy atom. The number of carbonyl (C=O) groups excluding carboxylic acids is 2. The van der Waals surface area contributed by atoms with Gasteiger partial charge in [-0.05, 0) is 47.4 Å². The molecule has 0 radical (unpaired) electrons. The zero-order valence-electron chi connectivity index (χ0n) is 16.5. The highest BCUT2D eigenvalue weighted by molar-refractivity contribution is 6.01. The van der Waals surface area contributed by atoms with Crippen LogP contribution in [-0.2, 0) is 6.42 Å². The zero-order valence-corrected chi connectivity index (χ0v) is 16.5. The first kappa shape index (κ1) is 19.5. The predicted molar refractivity (Wildman–Crippen MR) is 111 cm³/mol. The Balaban J connectivity index is 1.62. The summed E-state index contributed by atoms with van der Waals surface area (Å²) in [5, 5.41) is 14.5. The van der Waals surface area contributed by atoms with E-state index in [1.54, 1.807) is 30.2 Å². The van der Waals surface area contributed by atoms with Crippen LogP contribution >= 0.6 is 0 Å². The van der Waals surface area contributed by atoms with Gasteiger partial charge in [0.15, 0.2) is 0 Å². The number of hydrogen-bond acceptors (Lipinski definition) is 5. The normalized spacial score (nSPS) is 15.3. The van der Waals surface area contributed by atoms with Crippen LogP contribution in [0.25, 0.3) is 0 Å². The number of para-hydroxylation sites is 1. The molecule has 0 aliphatic carbocycles. The third-order valence-electron chi connectivity index (χ3n) is 5.28.